The fourth-order valence-corrected chi connectivity index (χ4v) is 2.76. The Bertz CT molecular complexity index is 834. The minimum absolute atomic E-state index is 0.00529. The summed E-state index contributed by atoms with van der Waals surface area (Å²) in [5.41, 5.74) is 0.771. The molecule has 2 aromatic rings. The second kappa shape index (κ2) is 9.53. The lowest BCUT2D eigenvalue weighted by molar-refractivity contribution is -0.120. The zero-order chi connectivity index (χ0) is 20.0. The van der Waals surface area contributed by atoms with Gasteiger partial charge in [-0.25, -0.2) is 0 Å². The molecule has 9 heteroatoms. The molecule has 0 saturated carbocycles. The number of carbonyl (C=O) groups is 2. The fourth-order valence-electron chi connectivity index (χ4n) is 2.27. The zero-order valence-electron chi connectivity index (χ0n) is 14.1. The molecule has 2 rings (SSSR count). The lowest BCUT2D eigenvalue weighted by atomic mass is 10.1. The van der Waals surface area contributed by atoms with Gasteiger partial charge >= 0.3 is 6.61 Å². The molecule has 0 unspecified atom stereocenters. The van der Waals surface area contributed by atoms with E-state index in [9.17, 15) is 18.4 Å². The van der Waals surface area contributed by atoms with Crippen LogP contribution in [0.2, 0.25) is 10.0 Å². The van der Waals surface area contributed by atoms with Crippen molar-refractivity contribution in [2.75, 3.05) is 6.54 Å². The number of alkyl halides is 2. The highest BCUT2D eigenvalue weighted by atomic mass is 35.5. The van der Waals surface area contributed by atoms with Crippen LogP contribution in [0.1, 0.15) is 28.9 Å². The van der Waals surface area contributed by atoms with E-state index < -0.39 is 24.5 Å². The molecule has 0 heterocycles. The summed E-state index contributed by atoms with van der Waals surface area (Å²) < 4.78 is 28.9. The first-order valence-electron chi connectivity index (χ1n) is 7.83. The highest BCUT2D eigenvalue weighted by molar-refractivity contribution is 6.36. The number of hydrogen-bond acceptors (Lipinski definition) is 3. The molecule has 2 amide bonds. The van der Waals surface area contributed by atoms with E-state index in [-0.39, 0.29) is 22.9 Å². The maximum Gasteiger partial charge on any atom is 0.387 e. The normalized spacial score (nSPS) is 11.8. The van der Waals surface area contributed by atoms with Crippen LogP contribution in [-0.4, -0.2) is 25.0 Å². The molecule has 0 bridgehead atoms. The number of hydrogen-bond donors (Lipinski definition) is 2. The Labute approximate surface area is 164 Å². The summed E-state index contributed by atoms with van der Waals surface area (Å²) in [6, 6.07) is 9.91. The van der Waals surface area contributed by atoms with Gasteiger partial charge in [-0.3, -0.25) is 9.59 Å². The molecule has 27 heavy (non-hydrogen) atoms. The minimum Gasteiger partial charge on any atom is -0.435 e. The van der Waals surface area contributed by atoms with Gasteiger partial charge in [-0.15, -0.1) is 0 Å². The smallest absolute Gasteiger partial charge is 0.387 e. The van der Waals surface area contributed by atoms with Crippen LogP contribution < -0.4 is 15.4 Å². The van der Waals surface area contributed by atoms with Crippen molar-refractivity contribution in [3.8, 4) is 5.75 Å². The second-order valence-corrected chi connectivity index (χ2v) is 6.39. The van der Waals surface area contributed by atoms with E-state index in [4.69, 9.17) is 23.2 Å². The first kappa shape index (κ1) is 20.9. The summed E-state index contributed by atoms with van der Waals surface area (Å²) in [6.45, 7) is -1.54. The van der Waals surface area contributed by atoms with Crippen LogP contribution in [0.5, 0.6) is 5.75 Å². The van der Waals surface area contributed by atoms with Crippen molar-refractivity contribution >= 4 is 35.0 Å². The third-order valence-corrected chi connectivity index (χ3v) is 4.09. The van der Waals surface area contributed by atoms with Gasteiger partial charge in [0.15, 0.2) is 0 Å². The Morgan fingerprint density at radius 1 is 1.15 bits per heavy atom. The predicted molar refractivity (Wildman–Crippen MR) is 98.4 cm³/mol. The summed E-state index contributed by atoms with van der Waals surface area (Å²) in [4.78, 5) is 24.1. The molecule has 0 aliphatic heterocycles. The van der Waals surface area contributed by atoms with Crippen molar-refractivity contribution in [2.45, 2.75) is 19.6 Å². The first-order chi connectivity index (χ1) is 12.8. The van der Waals surface area contributed by atoms with E-state index in [2.05, 4.69) is 15.4 Å². The molecule has 0 aliphatic rings. The van der Waals surface area contributed by atoms with Crippen LogP contribution in [0.25, 0.3) is 0 Å². The Morgan fingerprint density at radius 3 is 2.56 bits per heavy atom. The van der Waals surface area contributed by atoms with Gasteiger partial charge in [-0.2, -0.15) is 8.78 Å². The van der Waals surface area contributed by atoms with Gasteiger partial charge in [-0.1, -0.05) is 35.3 Å². The monoisotopic (exact) mass is 416 g/mol. The highest BCUT2D eigenvalue weighted by Gasteiger charge is 2.15. The van der Waals surface area contributed by atoms with E-state index in [1.807, 2.05) is 0 Å². The third-order valence-electron chi connectivity index (χ3n) is 3.55. The maximum atomic E-state index is 12.3. The summed E-state index contributed by atoms with van der Waals surface area (Å²) in [6.07, 6.45) is 0. The van der Waals surface area contributed by atoms with Crippen molar-refractivity contribution in [1.29, 1.82) is 0 Å². The maximum absolute atomic E-state index is 12.3. The zero-order valence-corrected chi connectivity index (χ0v) is 15.7. The van der Waals surface area contributed by atoms with E-state index in [0.717, 1.165) is 0 Å². The Balaban J connectivity index is 1.90. The number of ether oxygens (including phenoxy) is 1. The van der Waals surface area contributed by atoms with Crippen molar-refractivity contribution < 1.29 is 23.1 Å². The fraction of sp³-hybridized carbons (Fsp3) is 0.222. The SMILES string of the molecule is C[C@H](NC(=O)CNC(=O)c1ccc(Cl)cc1Cl)c1cccc(OC(F)F)c1. The molecule has 5 nitrogen and oxygen atoms in total. The Kier molecular flexibility index (Phi) is 7.38. The van der Waals surface area contributed by atoms with Crippen molar-refractivity contribution in [2.24, 2.45) is 0 Å². The van der Waals surface area contributed by atoms with Crippen LogP contribution in [0.4, 0.5) is 8.78 Å². The van der Waals surface area contributed by atoms with Crippen molar-refractivity contribution in [3.05, 3.63) is 63.6 Å². The van der Waals surface area contributed by atoms with Gasteiger partial charge in [0.05, 0.1) is 23.2 Å². The first-order valence-corrected chi connectivity index (χ1v) is 8.59. The van der Waals surface area contributed by atoms with Gasteiger partial charge in [0.1, 0.15) is 5.75 Å². The molecule has 144 valence electrons. The van der Waals surface area contributed by atoms with E-state index in [0.29, 0.717) is 10.6 Å². The largest absolute Gasteiger partial charge is 0.435 e. The van der Waals surface area contributed by atoms with Crippen LogP contribution in [0, 0.1) is 0 Å². The summed E-state index contributed by atoms with van der Waals surface area (Å²) in [5.74, 6) is -0.984. The lowest BCUT2D eigenvalue weighted by Gasteiger charge is -2.16. The molecular weight excluding hydrogens is 401 g/mol. The van der Waals surface area contributed by atoms with Crippen LogP contribution in [-0.2, 0) is 4.79 Å². The molecule has 0 spiro atoms. The molecule has 0 aromatic heterocycles. The highest BCUT2D eigenvalue weighted by Crippen LogP contribution is 2.21. The van der Waals surface area contributed by atoms with Gasteiger partial charge < -0.3 is 15.4 Å². The Hall–Kier alpha value is -2.38. The van der Waals surface area contributed by atoms with Gasteiger partial charge in [-0.05, 0) is 42.8 Å². The molecule has 1 atom stereocenters. The topological polar surface area (TPSA) is 67.4 Å². The van der Waals surface area contributed by atoms with Crippen LogP contribution in [0.3, 0.4) is 0 Å². The quantitative estimate of drug-likeness (QED) is 0.710. The Morgan fingerprint density at radius 2 is 1.89 bits per heavy atom. The lowest BCUT2D eigenvalue weighted by Crippen LogP contribution is -2.38. The molecule has 0 aliphatic carbocycles. The summed E-state index contributed by atoms with van der Waals surface area (Å²) >= 11 is 11.7. The molecule has 0 radical (unpaired) electrons. The standard InChI is InChI=1S/C18H16Cl2F2N2O3/c1-10(11-3-2-4-13(7-11)27-18(21)22)24-16(25)9-23-17(26)14-6-5-12(19)8-15(14)20/h2-8,10,18H,9H2,1H3,(H,23,26)(H,24,25)/t10-/m0/s1. The van der Waals surface area contributed by atoms with E-state index in [1.165, 1.54) is 30.3 Å². The molecule has 0 fully saturated rings. The average molecular weight is 417 g/mol. The minimum atomic E-state index is -2.93. The number of amides is 2. The number of halogens is 4. The molecule has 0 saturated heterocycles. The number of nitrogens with one attached hydrogen (secondary N) is 2. The van der Waals surface area contributed by atoms with Crippen molar-refractivity contribution in [3.63, 3.8) is 0 Å². The van der Waals surface area contributed by atoms with Gasteiger partial charge in [0.25, 0.3) is 5.91 Å². The predicted octanol–water partition coefficient (Wildman–Crippen LogP) is 4.20. The van der Waals surface area contributed by atoms with Gasteiger partial charge in [0, 0.05) is 5.02 Å². The average Bonchev–Trinajstić information content (AvgIpc) is 2.59. The second-order valence-electron chi connectivity index (χ2n) is 5.55. The molecular formula is C18H16Cl2F2N2O3. The van der Waals surface area contributed by atoms with Gasteiger partial charge in [0.2, 0.25) is 5.91 Å². The molecule has 2 N–H and O–H groups in total. The number of benzene rings is 2. The summed E-state index contributed by atoms with van der Waals surface area (Å²) in [5, 5.41) is 5.67. The number of carbonyl (C=O) groups excluding carboxylic acids is 2. The molecule has 2 aromatic carbocycles. The van der Waals surface area contributed by atoms with E-state index in [1.54, 1.807) is 19.1 Å². The third kappa shape index (κ3) is 6.37. The van der Waals surface area contributed by atoms with Crippen LogP contribution >= 0.6 is 23.2 Å². The van der Waals surface area contributed by atoms with E-state index >= 15 is 0 Å². The number of rotatable bonds is 7. The summed E-state index contributed by atoms with van der Waals surface area (Å²) in [7, 11) is 0. The van der Waals surface area contributed by atoms with Crippen molar-refractivity contribution in [1.82, 2.24) is 10.6 Å². The van der Waals surface area contributed by atoms with Crippen LogP contribution in [0.15, 0.2) is 42.5 Å².